The van der Waals surface area contributed by atoms with Gasteiger partial charge >= 0.3 is 0 Å². The van der Waals surface area contributed by atoms with E-state index in [9.17, 15) is 0 Å². The van der Waals surface area contributed by atoms with Gasteiger partial charge in [0, 0.05) is 25.5 Å². The van der Waals surface area contributed by atoms with Crippen molar-refractivity contribution in [2.45, 2.75) is 46.2 Å². The molecule has 0 aromatic carbocycles. The number of piperidine rings is 1. The van der Waals surface area contributed by atoms with E-state index >= 15 is 0 Å². The molecule has 1 atom stereocenters. The van der Waals surface area contributed by atoms with Gasteiger partial charge in [-0.1, -0.05) is 6.07 Å². The largest absolute Gasteiger partial charge is 0.465 e. The van der Waals surface area contributed by atoms with Gasteiger partial charge < -0.3 is 4.42 Å². The monoisotopic (exact) mass is 353 g/mol. The number of furan rings is 1. The molecule has 2 aromatic rings. The quantitative estimate of drug-likeness (QED) is 0.812. The molecule has 4 heterocycles. The first kappa shape index (κ1) is 17.7. The maximum absolute atomic E-state index is 5.87. The fourth-order valence-corrected chi connectivity index (χ4v) is 4.67. The van der Waals surface area contributed by atoms with Crippen molar-refractivity contribution in [2.24, 2.45) is 11.8 Å². The van der Waals surface area contributed by atoms with Crippen LogP contribution in [0.3, 0.4) is 0 Å². The third-order valence-electron chi connectivity index (χ3n) is 6.33. The Kier molecular flexibility index (Phi) is 5.41. The topological polar surface area (TPSA) is 32.5 Å². The highest BCUT2D eigenvalue weighted by Crippen LogP contribution is 2.33. The fourth-order valence-electron chi connectivity index (χ4n) is 4.67. The predicted molar refractivity (Wildman–Crippen MR) is 104 cm³/mol. The van der Waals surface area contributed by atoms with Gasteiger partial charge in [-0.2, -0.15) is 0 Å². The number of hydrogen-bond acceptors (Lipinski definition) is 4. The first-order valence-corrected chi connectivity index (χ1v) is 10.1. The summed E-state index contributed by atoms with van der Waals surface area (Å²) in [5.41, 5.74) is 2.61. The molecule has 4 heteroatoms. The molecule has 2 fully saturated rings. The molecule has 0 bridgehead atoms. The van der Waals surface area contributed by atoms with Crippen LogP contribution in [-0.4, -0.2) is 41.0 Å². The van der Waals surface area contributed by atoms with Crippen molar-refractivity contribution in [3.8, 4) is 0 Å². The summed E-state index contributed by atoms with van der Waals surface area (Å²) < 4.78 is 5.87. The van der Waals surface area contributed by atoms with E-state index < -0.39 is 0 Å². The van der Waals surface area contributed by atoms with E-state index in [0.29, 0.717) is 0 Å². The molecule has 26 heavy (non-hydrogen) atoms. The zero-order valence-electron chi connectivity index (χ0n) is 16.2. The zero-order chi connectivity index (χ0) is 17.9. The lowest BCUT2D eigenvalue weighted by molar-refractivity contribution is 0.140. The lowest BCUT2D eigenvalue weighted by Gasteiger charge is -2.34. The number of likely N-dealkylation sites (tertiary alicyclic amines) is 2. The fraction of sp³-hybridized carbons (Fsp3) is 0.591. The van der Waals surface area contributed by atoms with Crippen LogP contribution >= 0.6 is 0 Å². The lowest BCUT2D eigenvalue weighted by atomic mass is 9.83. The zero-order valence-corrected chi connectivity index (χ0v) is 16.2. The van der Waals surface area contributed by atoms with E-state index in [1.54, 1.807) is 0 Å². The maximum Gasteiger partial charge on any atom is 0.118 e. The molecule has 4 rings (SSSR count). The summed E-state index contributed by atoms with van der Waals surface area (Å²) in [5.74, 6) is 3.96. The number of nitrogens with zero attached hydrogens (tertiary/aromatic N) is 3. The minimum Gasteiger partial charge on any atom is -0.465 e. The second-order valence-corrected chi connectivity index (χ2v) is 8.21. The average molecular weight is 354 g/mol. The van der Waals surface area contributed by atoms with Gasteiger partial charge in [-0.3, -0.25) is 14.8 Å². The number of aromatic nitrogens is 1. The molecule has 0 spiro atoms. The summed E-state index contributed by atoms with van der Waals surface area (Å²) in [6.07, 6.45) is 7.90. The van der Waals surface area contributed by atoms with Gasteiger partial charge in [0.1, 0.15) is 11.5 Å². The molecule has 0 aliphatic carbocycles. The summed E-state index contributed by atoms with van der Waals surface area (Å²) in [4.78, 5) is 9.42. The van der Waals surface area contributed by atoms with E-state index in [0.717, 1.165) is 36.4 Å². The highest BCUT2D eigenvalue weighted by atomic mass is 16.3. The van der Waals surface area contributed by atoms with Crippen molar-refractivity contribution >= 4 is 0 Å². The molecular formula is C22H31N3O. The smallest absolute Gasteiger partial charge is 0.118 e. The normalized spacial score (nSPS) is 22.9. The van der Waals surface area contributed by atoms with Crippen molar-refractivity contribution in [1.82, 2.24) is 14.8 Å². The molecule has 2 aliphatic rings. The Morgan fingerprint density at radius 3 is 2.50 bits per heavy atom. The summed E-state index contributed by atoms with van der Waals surface area (Å²) in [6, 6.07) is 6.43. The minimum absolute atomic E-state index is 0.868. The molecule has 0 radical (unpaired) electrons. The molecule has 0 amide bonds. The predicted octanol–water partition coefficient (Wildman–Crippen LogP) is 4.03. The molecule has 0 saturated carbocycles. The minimum atomic E-state index is 0.868. The third kappa shape index (κ3) is 4.18. The van der Waals surface area contributed by atoms with Crippen LogP contribution in [0.2, 0.25) is 0 Å². The first-order chi connectivity index (χ1) is 12.7. The second kappa shape index (κ2) is 7.93. The van der Waals surface area contributed by atoms with Crippen LogP contribution < -0.4 is 0 Å². The van der Waals surface area contributed by atoms with E-state index in [1.165, 1.54) is 56.6 Å². The Hall–Kier alpha value is -1.65. The van der Waals surface area contributed by atoms with Crippen LogP contribution in [0, 0.1) is 25.7 Å². The van der Waals surface area contributed by atoms with Crippen LogP contribution in [0.1, 0.15) is 41.9 Å². The van der Waals surface area contributed by atoms with Gasteiger partial charge in [0.25, 0.3) is 0 Å². The molecular weight excluding hydrogens is 322 g/mol. The molecule has 2 aromatic heterocycles. The summed E-state index contributed by atoms with van der Waals surface area (Å²) in [7, 11) is 0. The summed E-state index contributed by atoms with van der Waals surface area (Å²) in [5, 5.41) is 0. The van der Waals surface area contributed by atoms with Crippen molar-refractivity contribution in [3.63, 3.8) is 0 Å². The molecule has 140 valence electrons. The Bertz CT molecular complexity index is 684. The number of pyridine rings is 1. The number of rotatable bonds is 5. The second-order valence-electron chi connectivity index (χ2n) is 8.21. The van der Waals surface area contributed by atoms with Gasteiger partial charge in [0.2, 0.25) is 0 Å². The van der Waals surface area contributed by atoms with Crippen LogP contribution in [0.15, 0.2) is 35.0 Å². The Labute approximate surface area is 157 Å². The maximum atomic E-state index is 5.87. The van der Waals surface area contributed by atoms with E-state index in [2.05, 4.69) is 40.8 Å². The van der Waals surface area contributed by atoms with Gasteiger partial charge in [-0.25, -0.2) is 0 Å². The van der Waals surface area contributed by atoms with Crippen LogP contribution in [0.25, 0.3) is 0 Å². The van der Waals surface area contributed by atoms with Crippen LogP contribution in [0.5, 0.6) is 0 Å². The van der Waals surface area contributed by atoms with Gasteiger partial charge in [0.15, 0.2) is 0 Å². The van der Waals surface area contributed by atoms with E-state index in [4.69, 9.17) is 4.42 Å². The van der Waals surface area contributed by atoms with Crippen molar-refractivity contribution in [2.75, 3.05) is 26.2 Å². The van der Waals surface area contributed by atoms with Crippen LogP contribution in [-0.2, 0) is 13.1 Å². The Morgan fingerprint density at radius 2 is 1.81 bits per heavy atom. The SMILES string of the molecule is Cc1cc(CN2CCC(C3CCN(Cc4cccnc4)CC3)C2)oc1C. The molecule has 2 saturated heterocycles. The molecule has 0 N–H and O–H groups in total. The van der Waals surface area contributed by atoms with Crippen molar-refractivity contribution in [3.05, 3.63) is 53.2 Å². The third-order valence-corrected chi connectivity index (χ3v) is 6.33. The Balaban J connectivity index is 1.24. The standard InChI is InChI=1S/C22H31N3O/c1-17-12-22(26-18(17)2)16-25-11-7-21(15-25)20-5-9-24(10-6-20)14-19-4-3-8-23-13-19/h3-4,8,12-13,20-21H,5-7,9-11,14-16H2,1-2H3. The molecule has 4 nitrogen and oxygen atoms in total. The molecule has 2 aliphatic heterocycles. The highest BCUT2D eigenvalue weighted by Gasteiger charge is 2.32. The Morgan fingerprint density at radius 1 is 1.04 bits per heavy atom. The first-order valence-electron chi connectivity index (χ1n) is 10.1. The van der Waals surface area contributed by atoms with Crippen LogP contribution in [0.4, 0.5) is 0 Å². The van der Waals surface area contributed by atoms with Gasteiger partial charge in [0.05, 0.1) is 6.54 Å². The van der Waals surface area contributed by atoms with E-state index in [1.807, 2.05) is 18.5 Å². The average Bonchev–Trinajstić information content (AvgIpc) is 3.23. The summed E-state index contributed by atoms with van der Waals surface area (Å²) in [6.45, 7) is 11.1. The van der Waals surface area contributed by atoms with Gasteiger partial charge in [-0.15, -0.1) is 0 Å². The van der Waals surface area contributed by atoms with Gasteiger partial charge in [-0.05, 0) is 87.8 Å². The van der Waals surface area contributed by atoms with Crippen molar-refractivity contribution in [1.29, 1.82) is 0 Å². The van der Waals surface area contributed by atoms with E-state index in [-0.39, 0.29) is 0 Å². The summed E-state index contributed by atoms with van der Waals surface area (Å²) >= 11 is 0. The molecule has 1 unspecified atom stereocenters. The highest BCUT2D eigenvalue weighted by molar-refractivity contribution is 5.18. The lowest BCUT2D eigenvalue weighted by Crippen LogP contribution is -2.36. The number of aryl methyl sites for hydroxylation is 2. The number of hydrogen-bond donors (Lipinski definition) is 0. The van der Waals surface area contributed by atoms with Crippen molar-refractivity contribution < 1.29 is 4.42 Å².